The molecule has 1 aliphatic rings. The maximum Gasteiger partial charge on any atom is 0.339 e. The summed E-state index contributed by atoms with van der Waals surface area (Å²) in [4.78, 5) is 12.1. The largest absolute Gasteiger partial charge is 0.487 e. The van der Waals surface area contributed by atoms with E-state index in [-0.39, 0.29) is 17.3 Å². The van der Waals surface area contributed by atoms with Crippen molar-refractivity contribution in [2.45, 2.75) is 25.9 Å². The summed E-state index contributed by atoms with van der Waals surface area (Å²) in [5, 5.41) is 1.55. The van der Waals surface area contributed by atoms with Crippen LogP contribution in [0.15, 0.2) is 39.5 Å². The van der Waals surface area contributed by atoms with Gasteiger partial charge in [0.15, 0.2) is 0 Å². The minimum absolute atomic E-state index is 0.125. The van der Waals surface area contributed by atoms with Crippen molar-refractivity contribution < 1.29 is 13.5 Å². The zero-order valence-corrected chi connectivity index (χ0v) is 14.6. The van der Waals surface area contributed by atoms with Crippen LogP contribution in [-0.4, -0.2) is 0 Å². The van der Waals surface area contributed by atoms with Crippen LogP contribution < -0.4 is 10.4 Å². The molecule has 0 saturated heterocycles. The molecule has 0 radical (unpaired) electrons. The number of benzene rings is 2. The lowest BCUT2D eigenvalue weighted by Gasteiger charge is -2.11. The minimum atomic E-state index is -0.409. The standard InChI is InChI=1S/C19H13Cl2FO3/c20-15-6-11(22)5-4-10(15)9-24-18-8-17-14(7-16(18)21)12-2-1-3-13(12)19(23)25-17/h4-8H,1-3,9H2. The Bertz CT molecular complexity index is 1040. The van der Waals surface area contributed by atoms with E-state index < -0.39 is 5.82 Å². The molecule has 1 heterocycles. The van der Waals surface area contributed by atoms with Gasteiger partial charge >= 0.3 is 5.63 Å². The van der Waals surface area contributed by atoms with Crippen molar-refractivity contribution in [3.8, 4) is 5.75 Å². The SMILES string of the molecule is O=c1oc2cc(OCc3ccc(F)cc3Cl)c(Cl)cc2c2c1CCC2. The van der Waals surface area contributed by atoms with Crippen LogP contribution in [0, 0.1) is 5.82 Å². The topological polar surface area (TPSA) is 39.4 Å². The van der Waals surface area contributed by atoms with E-state index in [1.165, 1.54) is 12.1 Å². The van der Waals surface area contributed by atoms with Gasteiger partial charge in [-0.05, 0) is 43.0 Å². The van der Waals surface area contributed by atoms with E-state index in [1.54, 1.807) is 18.2 Å². The van der Waals surface area contributed by atoms with E-state index in [9.17, 15) is 9.18 Å². The Balaban J connectivity index is 1.69. The van der Waals surface area contributed by atoms with Gasteiger partial charge in [0.2, 0.25) is 0 Å². The van der Waals surface area contributed by atoms with Gasteiger partial charge in [0.1, 0.15) is 23.8 Å². The molecule has 0 unspecified atom stereocenters. The van der Waals surface area contributed by atoms with E-state index in [1.807, 2.05) is 0 Å². The molecule has 2 aromatic carbocycles. The summed E-state index contributed by atoms with van der Waals surface area (Å²) in [7, 11) is 0. The van der Waals surface area contributed by atoms with Crippen molar-refractivity contribution in [2.24, 2.45) is 0 Å². The molecule has 0 fully saturated rings. The molecule has 0 amide bonds. The maximum atomic E-state index is 13.1. The first-order valence-corrected chi connectivity index (χ1v) is 8.63. The molecule has 1 aliphatic carbocycles. The molecule has 1 aromatic heterocycles. The summed E-state index contributed by atoms with van der Waals surface area (Å²) in [6, 6.07) is 7.49. The van der Waals surface area contributed by atoms with Crippen molar-refractivity contribution in [1.29, 1.82) is 0 Å². The lowest BCUT2D eigenvalue weighted by atomic mass is 10.1. The Morgan fingerprint density at radius 1 is 1.08 bits per heavy atom. The van der Waals surface area contributed by atoms with Crippen molar-refractivity contribution >= 4 is 34.2 Å². The third-order valence-corrected chi connectivity index (χ3v) is 5.07. The number of rotatable bonds is 3. The molecule has 0 bridgehead atoms. The molecule has 3 aromatic rings. The highest BCUT2D eigenvalue weighted by Crippen LogP contribution is 2.35. The average Bonchev–Trinajstić information content (AvgIpc) is 3.06. The molecule has 0 N–H and O–H groups in total. The quantitative estimate of drug-likeness (QED) is 0.580. The molecule has 3 nitrogen and oxygen atoms in total. The molecule has 0 saturated carbocycles. The summed E-state index contributed by atoms with van der Waals surface area (Å²) < 4.78 is 24.2. The van der Waals surface area contributed by atoms with E-state index in [2.05, 4.69) is 0 Å². The van der Waals surface area contributed by atoms with E-state index in [0.29, 0.717) is 21.9 Å². The van der Waals surface area contributed by atoms with Gasteiger partial charge in [-0.2, -0.15) is 0 Å². The summed E-state index contributed by atoms with van der Waals surface area (Å²) in [6.07, 6.45) is 2.53. The van der Waals surface area contributed by atoms with Gasteiger partial charge in [0, 0.05) is 22.6 Å². The number of fused-ring (bicyclic) bond motifs is 3. The zero-order valence-electron chi connectivity index (χ0n) is 13.1. The molecule has 0 atom stereocenters. The number of aryl methyl sites for hydroxylation is 1. The second kappa shape index (κ2) is 6.36. The smallest absolute Gasteiger partial charge is 0.339 e. The predicted octanol–water partition coefficient (Wildman–Crippen LogP) is 5.31. The maximum absolute atomic E-state index is 13.1. The summed E-state index contributed by atoms with van der Waals surface area (Å²) in [6.45, 7) is 0.125. The van der Waals surface area contributed by atoms with Crippen molar-refractivity contribution in [1.82, 2.24) is 0 Å². The Morgan fingerprint density at radius 3 is 2.68 bits per heavy atom. The second-order valence-corrected chi connectivity index (χ2v) is 6.82. The van der Waals surface area contributed by atoms with Gasteiger partial charge in [-0.25, -0.2) is 9.18 Å². The highest BCUT2D eigenvalue weighted by Gasteiger charge is 2.21. The fourth-order valence-electron chi connectivity index (χ4n) is 3.19. The van der Waals surface area contributed by atoms with Crippen LogP contribution >= 0.6 is 23.2 Å². The highest BCUT2D eigenvalue weighted by molar-refractivity contribution is 6.33. The first-order chi connectivity index (χ1) is 12.0. The molecule has 0 aliphatic heterocycles. The monoisotopic (exact) mass is 378 g/mol. The molecule has 6 heteroatoms. The Hall–Kier alpha value is -2.04. The van der Waals surface area contributed by atoms with E-state index >= 15 is 0 Å². The van der Waals surface area contributed by atoms with Crippen LogP contribution in [-0.2, 0) is 19.4 Å². The molecular formula is C19H13Cl2FO3. The van der Waals surface area contributed by atoms with E-state index in [0.717, 1.165) is 35.8 Å². The summed E-state index contributed by atoms with van der Waals surface area (Å²) in [5.41, 5.74) is 2.55. The fourth-order valence-corrected chi connectivity index (χ4v) is 3.63. The van der Waals surface area contributed by atoms with Crippen LogP contribution in [0.25, 0.3) is 11.0 Å². The minimum Gasteiger partial charge on any atom is -0.487 e. The third kappa shape index (κ3) is 3.00. The Kier molecular flexibility index (Phi) is 4.18. The first-order valence-electron chi connectivity index (χ1n) is 7.88. The number of ether oxygens (including phenoxy) is 1. The predicted molar refractivity (Wildman–Crippen MR) is 95.3 cm³/mol. The average molecular weight is 379 g/mol. The Labute approximate surface area is 152 Å². The number of hydrogen-bond donors (Lipinski definition) is 0. The van der Waals surface area contributed by atoms with Crippen molar-refractivity contribution in [3.05, 3.63) is 73.3 Å². The lowest BCUT2D eigenvalue weighted by Crippen LogP contribution is -2.07. The molecule has 4 rings (SSSR count). The van der Waals surface area contributed by atoms with Crippen LogP contribution in [0.1, 0.15) is 23.1 Å². The van der Waals surface area contributed by atoms with Crippen molar-refractivity contribution in [2.75, 3.05) is 0 Å². The Morgan fingerprint density at radius 2 is 1.88 bits per heavy atom. The third-order valence-electron chi connectivity index (χ3n) is 4.42. The molecule has 128 valence electrons. The van der Waals surface area contributed by atoms with Gasteiger partial charge < -0.3 is 9.15 Å². The lowest BCUT2D eigenvalue weighted by molar-refractivity contribution is 0.306. The normalized spacial score (nSPS) is 13.2. The highest BCUT2D eigenvalue weighted by atomic mass is 35.5. The van der Waals surface area contributed by atoms with Gasteiger partial charge in [-0.1, -0.05) is 29.3 Å². The number of halogens is 3. The van der Waals surface area contributed by atoms with Gasteiger partial charge in [0.05, 0.1) is 10.0 Å². The fraction of sp³-hybridized carbons (Fsp3) is 0.211. The zero-order chi connectivity index (χ0) is 17.6. The molecular weight excluding hydrogens is 366 g/mol. The molecule has 25 heavy (non-hydrogen) atoms. The van der Waals surface area contributed by atoms with Crippen LogP contribution in [0.3, 0.4) is 0 Å². The van der Waals surface area contributed by atoms with Gasteiger partial charge in [0.25, 0.3) is 0 Å². The second-order valence-electron chi connectivity index (χ2n) is 6.00. The van der Waals surface area contributed by atoms with Crippen LogP contribution in [0.2, 0.25) is 10.0 Å². The van der Waals surface area contributed by atoms with E-state index in [4.69, 9.17) is 32.4 Å². The summed E-state index contributed by atoms with van der Waals surface area (Å²) >= 11 is 12.3. The first kappa shape index (κ1) is 16.4. The van der Waals surface area contributed by atoms with Gasteiger partial charge in [-0.15, -0.1) is 0 Å². The van der Waals surface area contributed by atoms with Gasteiger partial charge in [-0.3, -0.25) is 0 Å². The molecule has 0 spiro atoms. The van der Waals surface area contributed by atoms with Crippen LogP contribution in [0.4, 0.5) is 4.39 Å². The number of hydrogen-bond acceptors (Lipinski definition) is 3. The van der Waals surface area contributed by atoms with Crippen LogP contribution in [0.5, 0.6) is 5.75 Å². The van der Waals surface area contributed by atoms with Crippen molar-refractivity contribution in [3.63, 3.8) is 0 Å². The summed E-state index contributed by atoms with van der Waals surface area (Å²) in [5.74, 6) is -0.0243.